The molecule has 2 atom stereocenters. The molecule has 2 fully saturated rings. The molecule has 2 aliphatic rings. The van der Waals surface area contributed by atoms with Crippen LogP contribution in [0.2, 0.25) is 0 Å². The Hall–Kier alpha value is -0.810. The van der Waals surface area contributed by atoms with Crippen LogP contribution in [0.3, 0.4) is 0 Å². The second-order valence-corrected chi connectivity index (χ2v) is 8.00. The smallest absolute Gasteiger partial charge is 0.410 e. The molecule has 2 rings (SSSR count). The molecule has 2 heterocycles. The molecule has 2 unspecified atom stereocenters. The van der Waals surface area contributed by atoms with Crippen LogP contribution in [-0.4, -0.2) is 55.0 Å². The Morgan fingerprint density at radius 1 is 1.17 bits per heavy atom. The summed E-state index contributed by atoms with van der Waals surface area (Å²) in [5.74, 6) is 0.717. The summed E-state index contributed by atoms with van der Waals surface area (Å²) in [4.78, 5) is 14.1. The topological polar surface area (TPSA) is 50.8 Å². The second-order valence-electron chi connectivity index (χ2n) is 8.00. The van der Waals surface area contributed by atoms with Gasteiger partial charge in [0, 0.05) is 38.4 Å². The van der Waals surface area contributed by atoms with E-state index in [9.17, 15) is 4.79 Å². The third kappa shape index (κ3) is 6.30. The lowest BCUT2D eigenvalue weighted by atomic mass is 9.92. The number of rotatable bonds is 3. The summed E-state index contributed by atoms with van der Waals surface area (Å²) < 4.78 is 11.0. The van der Waals surface area contributed by atoms with Crippen molar-refractivity contribution >= 4 is 6.09 Å². The monoisotopic (exact) mass is 326 g/mol. The van der Waals surface area contributed by atoms with Gasteiger partial charge < -0.3 is 19.7 Å². The number of hydrogen-bond donors (Lipinski definition) is 1. The zero-order valence-electron chi connectivity index (χ0n) is 15.3. The van der Waals surface area contributed by atoms with Gasteiger partial charge in [0.15, 0.2) is 0 Å². The minimum absolute atomic E-state index is 0.171. The van der Waals surface area contributed by atoms with Crippen LogP contribution in [0.25, 0.3) is 0 Å². The summed E-state index contributed by atoms with van der Waals surface area (Å²) in [6.45, 7) is 11.4. The molecular weight excluding hydrogens is 292 g/mol. The molecule has 2 aliphatic heterocycles. The molecule has 0 spiro atoms. The van der Waals surface area contributed by atoms with E-state index in [2.05, 4.69) is 12.2 Å². The molecule has 1 N–H and O–H groups in total. The number of carbonyl (C=O) groups excluding carboxylic acids is 1. The first-order valence-electron chi connectivity index (χ1n) is 9.17. The predicted octanol–water partition coefficient (Wildman–Crippen LogP) is 3.18. The Morgan fingerprint density at radius 2 is 1.87 bits per heavy atom. The molecule has 134 valence electrons. The van der Waals surface area contributed by atoms with E-state index >= 15 is 0 Å². The fourth-order valence-corrected chi connectivity index (χ4v) is 3.50. The predicted molar refractivity (Wildman–Crippen MR) is 91.6 cm³/mol. The van der Waals surface area contributed by atoms with E-state index in [1.54, 1.807) is 0 Å². The normalized spacial score (nSPS) is 25.7. The van der Waals surface area contributed by atoms with Gasteiger partial charge in [-0.2, -0.15) is 0 Å². The Bertz CT molecular complexity index is 375. The molecule has 0 aliphatic carbocycles. The Morgan fingerprint density at radius 3 is 2.52 bits per heavy atom. The first-order valence-corrected chi connectivity index (χ1v) is 9.17. The van der Waals surface area contributed by atoms with Crippen LogP contribution >= 0.6 is 0 Å². The van der Waals surface area contributed by atoms with Gasteiger partial charge in [-0.25, -0.2) is 4.79 Å². The molecule has 0 aromatic heterocycles. The first kappa shape index (κ1) is 18.5. The van der Waals surface area contributed by atoms with Gasteiger partial charge in [0.2, 0.25) is 0 Å². The fourth-order valence-electron chi connectivity index (χ4n) is 3.50. The molecule has 0 radical (unpaired) electrons. The summed E-state index contributed by atoms with van der Waals surface area (Å²) in [6.07, 6.45) is 5.32. The highest BCUT2D eigenvalue weighted by molar-refractivity contribution is 5.68. The second kappa shape index (κ2) is 8.34. The Kier molecular flexibility index (Phi) is 6.72. The maximum Gasteiger partial charge on any atom is 0.410 e. The largest absolute Gasteiger partial charge is 0.444 e. The molecule has 5 nitrogen and oxygen atoms in total. The summed E-state index contributed by atoms with van der Waals surface area (Å²) in [5.41, 5.74) is -0.418. The van der Waals surface area contributed by atoms with E-state index in [-0.39, 0.29) is 6.09 Å². The fraction of sp³-hybridized carbons (Fsp3) is 0.944. The van der Waals surface area contributed by atoms with Crippen molar-refractivity contribution in [2.75, 3.05) is 26.3 Å². The Labute approximate surface area is 141 Å². The van der Waals surface area contributed by atoms with Crippen LogP contribution in [0.4, 0.5) is 4.79 Å². The van der Waals surface area contributed by atoms with Gasteiger partial charge in [0.25, 0.3) is 0 Å². The van der Waals surface area contributed by atoms with Crippen molar-refractivity contribution in [1.29, 1.82) is 0 Å². The number of amides is 1. The highest BCUT2D eigenvalue weighted by Gasteiger charge is 2.27. The zero-order valence-corrected chi connectivity index (χ0v) is 15.3. The van der Waals surface area contributed by atoms with Crippen LogP contribution in [0, 0.1) is 5.92 Å². The van der Waals surface area contributed by atoms with E-state index in [1.165, 1.54) is 0 Å². The number of nitrogens with zero attached hydrogens (tertiary/aromatic N) is 1. The maximum atomic E-state index is 12.2. The van der Waals surface area contributed by atoms with E-state index in [1.807, 2.05) is 25.7 Å². The van der Waals surface area contributed by atoms with Crippen LogP contribution in [-0.2, 0) is 9.47 Å². The quantitative estimate of drug-likeness (QED) is 0.865. The average Bonchev–Trinajstić information content (AvgIpc) is 2.72. The van der Waals surface area contributed by atoms with Crippen molar-refractivity contribution in [3.8, 4) is 0 Å². The number of hydrogen-bond acceptors (Lipinski definition) is 4. The zero-order chi connectivity index (χ0) is 16.9. The van der Waals surface area contributed by atoms with Gasteiger partial charge in [-0.1, -0.05) is 0 Å². The summed E-state index contributed by atoms with van der Waals surface area (Å²) in [6, 6.07) is 1.03. The van der Waals surface area contributed by atoms with Crippen molar-refractivity contribution in [3.63, 3.8) is 0 Å². The average molecular weight is 326 g/mol. The molecule has 0 saturated carbocycles. The van der Waals surface area contributed by atoms with Crippen LogP contribution in [0.5, 0.6) is 0 Å². The molecule has 0 aromatic carbocycles. The van der Waals surface area contributed by atoms with E-state index < -0.39 is 5.60 Å². The van der Waals surface area contributed by atoms with Gasteiger partial charge in [-0.05, 0) is 65.7 Å². The van der Waals surface area contributed by atoms with Crippen LogP contribution in [0.15, 0.2) is 0 Å². The van der Waals surface area contributed by atoms with Crippen LogP contribution < -0.4 is 5.32 Å². The van der Waals surface area contributed by atoms with Crippen molar-refractivity contribution < 1.29 is 14.3 Å². The number of nitrogens with one attached hydrogen (secondary N) is 1. The standard InChI is InChI=1S/C18H34N2O3/c1-14(15-8-12-22-13-9-15)19-16-6-5-10-20(11-7-16)17(21)23-18(2,3)4/h14-16,19H,5-13H2,1-4H3. The lowest BCUT2D eigenvalue weighted by molar-refractivity contribution is 0.0255. The molecule has 0 aromatic rings. The van der Waals surface area contributed by atoms with Crippen molar-refractivity contribution in [3.05, 3.63) is 0 Å². The Balaban J connectivity index is 1.78. The summed E-state index contributed by atoms with van der Waals surface area (Å²) in [5, 5.41) is 3.80. The number of likely N-dealkylation sites (tertiary alicyclic amines) is 1. The SMILES string of the molecule is CC(NC1CCCN(C(=O)OC(C)(C)C)CC1)C1CCOCC1. The van der Waals surface area contributed by atoms with E-state index in [4.69, 9.17) is 9.47 Å². The molecule has 1 amide bonds. The van der Waals surface area contributed by atoms with Crippen molar-refractivity contribution in [2.24, 2.45) is 5.92 Å². The van der Waals surface area contributed by atoms with E-state index in [0.29, 0.717) is 18.0 Å². The van der Waals surface area contributed by atoms with Gasteiger partial charge in [0.05, 0.1) is 0 Å². The number of carbonyl (C=O) groups is 1. The van der Waals surface area contributed by atoms with Gasteiger partial charge in [-0.3, -0.25) is 0 Å². The summed E-state index contributed by atoms with van der Waals surface area (Å²) in [7, 11) is 0. The maximum absolute atomic E-state index is 12.2. The van der Waals surface area contributed by atoms with Gasteiger partial charge in [0.1, 0.15) is 5.60 Å². The van der Waals surface area contributed by atoms with Gasteiger partial charge in [-0.15, -0.1) is 0 Å². The summed E-state index contributed by atoms with van der Waals surface area (Å²) >= 11 is 0. The van der Waals surface area contributed by atoms with Gasteiger partial charge >= 0.3 is 6.09 Å². The third-order valence-electron chi connectivity index (χ3n) is 4.85. The molecular formula is C18H34N2O3. The molecule has 0 bridgehead atoms. The first-order chi connectivity index (χ1) is 10.8. The third-order valence-corrected chi connectivity index (χ3v) is 4.85. The number of ether oxygens (including phenoxy) is 2. The lowest BCUT2D eigenvalue weighted by Gasteiger charge is -2.31. The highest BCUT2D eigenvalue weighted by atomic mass is 16.6. The molecule has 5 heteroatoms. The molecule has 2 saturated heterocycles. The van der Waals surface area contributed by atoms with E-state index in [0.717, 1.165) is 58.4 Å². The lowest BCUT2D eigenvalue weighted by Crippen LogP contribution is -2.43. The van der Waals surface area contributed by atoms with Crippen molar-refractivity contribution in [2.45, 2.75) is 77.5 Å². The van der Waals surface area contributed by atoms with Crippen LogP contribution in [0.1, 0.15) is 59.8 Å². The minimum Gasteiger partial charge on any atom is -0.444 e. The minimum atomic E-state index is -0.418. The molecule has 23 heavy (non-hydrogen) atoms. The van der Waals surface area contributed by atoms with Crippen molar-refractivity contribution in [1.82, 2.24) is 10.2 Å². The highest BCUT2D eigenvalue weighted by Crippen LogP contribution is 2.21.